The summed E-state index contributed by atoms with van der Waals surface area (Å²) < 4.78 is 11.2. The zero-order chi connectivity index (χ0) is 10.8. The molecule has 2 heteroatoms. The summed E-state index contributed by atoms with van der Waals surface area (Å²) in [6.45, 7) is 9.98. The van der Waals surface area contributed by atoms with Gasteiger partial charge in [0.1, 0.15) is 0 Å². The molecule has 0 fully saturated rings. The van der Waals surface area contributed by atoms with E-state index in [0.29, 0.717) is 5.92 Å². The first-order valence-corrected chi connectivity index (χ1v) is 6.03. The first-order valence-electron chi connectivity index (χ1n) is 6.03. The van der Waals surface area contributed by atoms with Crippen molar-refractivity contribution in [2.24, 2.45) is 5.92 Å². The third-order valence-corrected chi connectivity index (χ3v) is 2.50. The minimum atomic E-state index is 0.0153. The van der Waals surface area contributed by atoms with E-state index >= 15 is 0 Å². The number of hydrogen-bond donors (Lipinski definition) is 0. The summed E-state index contributed by atoms with van der Waals surface area (Å²) in [5.41, 5.74) is 0. The average molecular weight is 202 g/mol. The van der Waals surface area contributed by atoms with E-state index in [2.05, 4.69) is 13.8 Å². The molecule has 0 aromatic heterocycles. The highest BCUT2D eigenvalue weighted by molar-refractivity contribution is 4.61. The number of hydrogen-bond acceptors (Lipinski definition) is 2. The van der Waals surface area contributed by atoms with Crippen LogP contribution in [0.25, 0.3) is 0 Å². The second-order valence-electron chi connectivity index (χ2n) is 3.59. The third kappa shape index (κ3) is 5.61. The van der Waals surface area contributed by atoms with Crippen molar-refractivity contribution in [1.82, 2.24) is 0 Å². The summed E-state index contributed by atoms with van der Waals surface area (Å²) >= 11 is 0. The van der Waals surface area contributed by atoms with Crippen LogP contribution in [0, 0.1) is 5.92 Å². The SMILES string of the molecule is CCCCC(CC)C(OCC)OCC. The zero-order valence-corrected chi connectivity index (χ0v) is 10.2. The smallest absolute Gasteiger partial charge is 0.160 e. The van der Waals surface area contributed by atoms with Crippen molar-refractivity contribution in [3.05, 3.63) is 0 Å². The quantitative estimate of drug-likeness (QED) is 0.532. The Morgan fingerprint density at radius 3 is 1.86 bits per heavy atom. The van der Waals surface area contributed by atoms with Crippen LogP contribution < -0.4 is 0 Å². The van der Waals surface area contributed by atoms with Crippen molar-refractivity contribution in [3.8, 4) is 0 Å². The van der Waals surface area contributed by atoms with Crippen LogP contribution in [-0.4, -0.2) is 19.5 Å². The second-order valence-corrected chi connectivity index (χ2v) is 3.59. The minimum absolute atomic E-state index is 0.0153. The lowest BCUT2D eigenvalue weighted by molar-refractivity contribution is -0.169. The van der Waals surface area contributed by atoms with Gasteiger partial charge in [-0.25, -0.2) is 0 Å². The maximum absolute atomic E-state index is 5.61. The topological polar surface area (TPSA) is 18.5 Å². The molecular formula is C12H26O2. The largest absolute Gasteiger partial charge is 0.353 e. The van der Waals surface area contributed by atoms with Crippen LogP contribution in [0.3, 0.4) is 0 Å². The van der Waals surface area contributed by atoms with Gasteiger partial charge in [0.05, 0.1) is 0 Å². The third-order valence-electron chi connectivity index (χ3n) is 2.50. The van der Waals surface area contributed by atoms with Gasteiger partial charge in [-0.3, -0.25) is 0 Å². The fourth-order valence-electron chi connectivity index (χ4n) is 1.65. The lowest BCUT2D eigenvalue weighted by Crippen LogP contribution is -2.27. The fourth-order valence-corrected chi connectivity index (χ4v) is 1.65. The molecule has 0 spiro atoms. The van der Waals surface area contributed by atoms with Crippen LogP contribution in [0.1, 0.15) is 53.4 Å². The summed E-state index contributed by atoms with van der Waals surface area (Å²) in [7, 11) is 0. The molecule has 0 radical (unpaired) electrons. The summed E-state index contributed by atoms with van der Waals surface area (Å²) in [5.74, 6) is 0.565. The van der Waals surface area contributed by atoms with Gasteiger partial charge in [0.2, 0.25) is 0 Å². The fraction of sp³-hybridized carbons (Fsp3) is 1.00. The molecule has 0 aromatic rings. The molecule has 0 saturated carbocycles. The Bertz CT molecular complexity index is 109. The molecule has 0 rings (SSSR count). The van der Waals surface area contributed by atoms with Crippen LogP contribution in [0.5, 0.6) is 0 Å². The molecule has 2 nitrogen and oxygen atoms in total. The average Bonchev–Trinajstić information content (AvgIpc) is 2.19. The van der Waals surface area contributed by atoms with Gasteiger partial charge in [0.25, 0.3) is 0 Å². The first-order chi connectivity index (χ1) is 6.79. The summed E-state index contributed by atoms with van der Waals surface area (Å²) in [6.07, 6.45) is 4.90. The summed E-state index contributed by atoms with van der Waals surface area (Å²) in [6, 6.07) is 0. The molecule has 86 valence electrons. The predicted molar refractivity (Wildman–Crippen MR) is 60.3 cm³/mol. The Morgan fingerprint density at radius 2 is 1.50 bits per heavy atom. The molecule has 0 aliphatic rings. The van der Waals surface area contributed by atoms with Crippen molar-refractivity contribution in [2.45, 2.75) is 59.7 Å². The van der Waals surface area contributed by atoms with Crippen molar-refractivity contribution >= 4 is 0 Å². The number of rotatable bonds is 9. The maximum Gasteiger partial charge on any atom is 0.160 e. The first kappa shape index (κ1) is 13.9. The van der Waals surface area contributed by atoms with Gasteiger partial charge < -0.3 is 9.47 Å². The Morgan fingerprint density at radius 1 is 0.929 bits per heavy atom. The standard InChI is InChI=1S/C12H26O2/c1-5-9-10-11(6-2)12(13-7-3)14-8-4/h11-12H,5-10H2,1-4H3. The molecule has 0 N–H and O–H groups in total. The van der Waals surface area contributed by atoms with E-state index in [4.69, 9.17) is 9.47 Å². The Labute approximate surface area is 89.0 Å². The van der Waals surface area contributed by atoms with E-state index < -0.39 is 0 Å². The van der Waals surface area contributed by atoms with Gasteiger partial charge in [-0.1, -0.05) is 26.7 Å². The monoisotopic (exact) mass is 202 g/mol. The Kier molecular flexibility index (Phi) is 9.42. The lowest BCUT2D eigenvalue weighted by atomic mass is 9.99. The molecule has 14 heavy (non-hydrogen) atoms. The van der Waals surface area contributed by atoms with Gasteiger partial charge in [0.15, 0.2) is 6.29 Å². The molecule has 0 aliphatic carbocycles. The van der Waals surface area contributed by atoms with Gasteiger partial charge in [-0.15, -0.1) is 0 Å². The summed E-state index contributed by atoms with van der Waals surface area (Å²) in [4.78, 5) is 0. The molecule has 0 aromatic carbocycles. The highest BCUT2D eigenvalue weighted by atomic mass is 16.7. The van der Waals surface area contributed by atoms with E-state index in [9.17, 15) is 0 Å². The van der Waals surface area contributed by atoms with E-state index in [1.165, 1.54) is 19.3 Å². The van der Waals surface area contributed by atoms with Gasteiger partial charge in [-0.2, -0.15) is 0 Å². The molecule has 0 saturated heterocycles. The molecule has 1 unspecified atom stereocenters. The van der Waals surface area contributed by atoms with E-state index in [1.807, 2.05) is 13.8 Å². The van der Waals surface area contributed by atoms with Crippen LogP contribution in [-0.2, 0) is 9.47 Å². The Balaban J connectivity index is 3.96. The van der Waals surface area contributed by atoms with Crippen molar-refractivity contribution < 1.29 is 9.47 Å². The Hall–Kier alpha value is -0.0800. The molecule has 0 bridgehead atoms. The number of unbranched alkanes of at least 4 members (excludes halogenated alkanes) is 1. The van der Waals surface area contributed by atoms with Crippen LogP contribution in [0.15, 0.2) is 0 Å². The van der Waals surface area contributed by atoms with Crippen molar-refractivity contribution in [2.75, 3.05) is 13.2 Å². The molecule has 1 atom stereocenters. The summed E-state index contributed by atoms with van der Waals surface area (Å²) in [5, 5.41) is 0. The molecule has 0 heterocycles. The van der Waals surface area contributed by atoms with Crippen molar-refractivity contribution in [1.29, 1.82) is 0 Å². The second kappa shape index (κ2) is 9.47. The van der Waals surface area contributed by atoms with E-state index in [-0.39, 0.29) is 6.29 Å². The zero-order valence-electron chi connectivity index (χ0n) is 10.2. The lowest BCUT2D eigenvalue weighted by Gasteiger charge is -2.25. The van der Waals surface area contributed by atoms with E-state index in [0.717, 1.165) is 19.6 Å². The van der Waals surface area contributed by atoms with Crippen LogP contribution >= 0.6 is 0 Å². The normalized spacial score (nSPS) is 13.5. The van der Waals surface area contributed by atoms with Gasteiger partial charge in [0, 0.05) is 19.1 Å². The number of ether oxygens (including phenoxy) is 2. The van der Waals surface area contributed by atoms with Crippen molar-refractivity contribution in [3.63, 3.8) is 0 Å². The van der Waals surface area contributed by atoms with Crippen LogP contribution in [0.2, 0.25) is 0 Å². The highest BCUT2D eigenvalue weighted by Crippen LogP contribution is 2.20. The van der Waals surface area contributed by atoms with E-state index in [1.54, 1.807) is 0 Å². The molecular weight excluding hydrogens is 176 g/mol. The van der Waals surface area contributed by atoms with Gasteiger partial charge in [-0.05, 0) is 26.7 Å². The van der Waals surface area contributed by atoms with Gasteiger partial charge >= 0.3 is 0 Å². The molecule has 0 amide bonds. The highest BCUT2D eigenvalue weighted by Gasteiger charge is 2.19. The predicted octanol–water partition coefficient (Wildman–Crippen LogP) is 3.60. The van der Waals surface area contributed by atoms with Crippen LogP contribution in [0.4, 0.5) is 0 Å². The molecule has 0 aliphatic heterocycles. The maximum atomic E-state index is 5.61. The minimum Gasteiger partial charge on any atom is -0.353 e.